The second kappa shape index (κ2) is 4.97. The van der Waals surface area contributed by atoms with Crippen LogP contribution in [0.15, 0.2) is 0 Å². The van der Waals surface area contributed by atoms with Gasteiger partial charge in [0.2, 0.25) is 0 Å². The highest BCUT2D eigenvalue weighted by atomic mass is 16.5. The summed E-state index contributed by atoms with van der Waals surface area (Å²) >= 11 is 0. The maximum Gasteiger partial charge on any atom is 0.0587 e. The van der Waals surface area contributed by atoms with Crippen molar-refractivity contribution in [1.82, 2.24) is 5.32 Å². The lowest BCUT2D eigenvalue weighted by atomic mass is 10.0. The zero-order valence-corrected chi connectivity index (χ0v) is 9.23. The Morgan fingerprint density at radius 3 is 2.62 bits per heavy atom. The maximum absolute atomic E-state index is 5.65. The third-order valence-electron chi connectivity index (χ3n) is 2.40. The van der Waals surface area contributed by atoms with Crippen LogP contribution in [-0.4, -0.2) is 24.8 Å². The SMILES string of the molecule is CC(C)(C)NCCC1CCCCO1. The molecule has 0 aromatic carbocycles. The molecule has 0 aromatic rings. The van der Waals surface area contributed by atoms with Gasteiger partial charge in [-0.1, -0.05) is 0 Å². The van der Waals surface area contributed by atoms with E-state index in [-0.39, 0.29) is 5.54 Å². The van der Waals surface area contributed by atoms with Gasteiger partial charge in [-0.3, -0.25) is 0 Å². The van der Waals surface area contributed by atoms with Gasteiger partial charge < -0.3 is 10.1 Å². The summed E-state index contributed by atoms with van der Waals surface area (Å²) in [6, 6.07) is 0. The Hall–Kier alpha value is -0.0800. The number of hydrogen-bond donors (Lipinski definition) is 1. The van der Waals surface area contributed by atoms with Crippen LogP contribution in [0.5, 0.6) is 0 Å². The van der Waals surface area contributed by atoms with Crippen molar-refractivity contribution >= 4 is 0 Å². The van der Waals surface area contributed by atoms with Gasteiger partial charge in [0.1, 0.15) is 0 Å². The van der Waals surface area contributed by atoms with E-state index < -0.39 is 0 Å². The minimum atomic E-state index is 0.245. The first kappa shape index (κ1) is 11.0. The fourth-order valence-corrected chi connectivity index (χ4v) is 1.64. The van der Waals surface area contributed by atoms with Crippen LogP contribution >= 0.6 is 0 Å². The van der Waals surface area contributed by atoms with Gasteiger partial charge in [0.15, 0.2) is 0 Å². The summed E-state index contributed by atoms with van der Waals surface area (Å²) in [7, 11) is 0. The first-order valence-electron chi connectivity index (χ1n) is 5.44. The minimum absolute atomic E-state index is 0.245. The van der Waals surface area contributed by atoms with Gasteiger partial charge in [-0.2, -0.15) is 0 Å². The average molecular weight is 185 g/mol. The molecule has 0 spiro atoms. The molecule has 0 aliphatic carbocycles. The van der Waals surface area contributed by atoms with Crippen LogP contribution in [0.25, 0.3) is 0 Å². The van der Waals surface area contributed by atoms with Gasteiger partial charge in [-0.05, 0) is 53.0 Å². The summed E-state index contributed by atoms with van der Waals surface area (Å²) in [5, 5.41) is 3.49. The molecule has 1 aliphatic rings. The fraction of sp³-hybridized carbons (Fsp3) is 1.00. The molecule has 1 aliphatic heterocycles. The van der Waals surface area contributed by atoms with E-state index in [9.17, 15) is 0 Å². The lowest BCUT2D eigenvalue weighted by molar-refractivity contribution is 0.0108. The third kappa shape index (κ3) is 5.27. The Labute approximate surface area is 82.0 Å². The van der Waals surface area contributed by atoms with Crippen LogP contribution < -0.4 is 5.32 Å². The molecule has 0 radical (unpaired) electrons. The summed E-state index contributed by atoms with van der Waals surface area (Å²) < 4.78 is 5.65. The molecule has 13 heavy (non-hydrogen) atoms. The zero-order chi connectivity index (χ0) is 9.73. The largest absolute Gasteiger partial charge is 0.378 e. The van der Waals surface area contributed by atoms with Crippen molar-refractivity contribution in [1.29, 1.82) is 0 Å². The Morgan fingerprint density at radius 2 is 2.08 bits per heavy atom. The molecule has 2 nitrogen and oxygen atoms in total. The summed E-state index contributed by atoms with van der Waals surface area (Å²) in [6.45, 7) is 8.66. The van der Waals surface area contributed by atoms with Crippen molar-refractivity contribution in [2.75, 3.05) is 13.2 Å². The van der Waals surface area contributed by atoms with Gasteiger partial charge in [-0.25, -0.2) is 0 Å². The van der Waals surface area contributed by atoms with Gasteiger partial charge >= 0.3 is 0 Å². The van der Waals surface area contributed by atoms with E-state index in [0.717, 1.165) is 19.6 Å². The number of ether oxygens (including phenoxy) is 1. The summed E-state index contributed by atoms with van der Waals surface area (Å²) in [6.07, 6.45) is 5.54. The summed E-state index contributed by atoms with van der Waals surface area (Å²) in [4.78, 5) is 0. The molecular weight excluding hydrogens is 162 g/mol. The highest BCUT2D eigenvalue weighted by Gasteiger charge is 2.14. The molecule has 1 atom stereocenters. The first-order chi connectivity index (χ1) is 6.08. The highest BCUT2D eigenvalue weighted by Crippen LogP contribution is 2.15. The topological polar surface area (TPSA) is 21.3 Å². The standard InChI is InChI=1S/C11H23NO/c1-11(2,3)12-8-7-10-6-4-5-9-13-10/h10,12H,4-9H2,1-3H3. The van der Waals surface area contributed by atoms with Crippen molar-refractivity contribution < 1.29 is 4.74 Å². The van der Waals surface area contributed by atoms with Crippen molar-refractivity contribution in [2.45, 2.75) is 58.1 Å². The Morgan fingerprint density at radius 1 is 1.31 bits per heavy atom. The van der Waals surface area contributed by atoms with E-state index in [2.05, 4.69) is 26.1 Å². The highest BCUT2D eigenvalue weighted by molar-refractivity contribution is 4.72. The summed E-state index contributed by atoms with van der Waals surface area (Å²) in [5.74, 6) is 0. The quantitative estimate of drug-likeness (QED) is 0.728. The lowest BCUT2D eigenvalue weighted by Gasteiger charge is -2.25. The van der Waals surface area contributed by atoms with Crippen LogP contribution in [0.3, 0.4) is 0 Å². The normalized spacial score (nSPS) is 24.7. The van der Waals surface area contributed by atoms with E-state index in [1.807, 2.05) is 0 Å². The Kier molecular flexibility index (Phi) is 4.20. The Bertz CT molecular complexity index is 134. The van der Waals surface area contributed by atoms with Gasteiger partial charge in [-0.15, -0.1) is 0 Å². The first-order valence-corrected chi connectivity index (χ1v) is 5.44. The maximum atomic E-state index is 5.65. The molecule has 0 amide bonds. The van der Waals surface area contributed by atoms with E-state index >= 15 is 0 Å². The molecule has 0 saturated carbocycles. The molecule has 1 unspecified atom stereocenters. The molecule has 0 aromatic heterocycles. The van der Waals surface area contributed by atoms with E-state index in [1.54, 1.807) is 0 Å². The average Bonchev–Trinajstić information content (AvgIpc) is 2.04. The zero-order valence-electron chi connectivity index (χ0n) is 9.23. The van der Waals surface area contributed by atoms with E-state index in [1.165, 1.54) is 19.3 Å². The molecule has 1 saturated heterocycles. The monoisotopic (exact) mass is 185 g/mol. The van der Waals surface area contributed by atoms with Crippen LogP contribution in [0.2, 0.25) is 0 Å². The van der Waals surface area contributed by atoms with Crippen LogP contribution in [0.1, 0.15) is 46.5 Å². The number of rotatable bonds is 3. The van der Waals surface area contributed by atoms with Crippen LogP contribution in [0, 0.1) is 0 Å². The van der Waals surface area contributed by atoms with Crippen molar-refractivity contribution in [3.05, 3.63) is 0 Å². The molecule has 1 heterocycles. The summed E-state index contributed by atoms with van der Waals surface area (Å²) in [5.41, 5.74) is 0.245. The predicted octanol–water partition coefficient (Wildman–Crippen LogP) is 2.33. The van der Waals surface area contributed by atoms with Gasteiger partial charge in [0.05, 0.1) is 6.10 Å². The van der Waals surface area contributed by atoms with Gasteiger partial charge in [0, 0.05) is 12.1 Å². The van der Waals surface area contributed by atoms with Gasteiger partial charge in [0.25, 0.3) is 0 Å². The van der Waals surface area contributed by atoms with E-state index in [0.29, 0.717) is 6.10 Å². The lowest BCUT2D eigenvalue weighted by Crippen LogP contribution is -2.38. The van der Waals surface area contributed by atoms with Crippen molar-refractivity contribution in [3.63, 3.8) is 0 Å². The molecule has 1 rings (SSSR count). The number of nitrogens with one attached hydrogen (secondary N) is 1. The van der Waals surface area contributed by atoms with Crippen molar-refractivity contribution in [2.24, 2.45) is 0 Å². The third-order valence-corrected chi connectivity index (χ3v) is 2.40. The Balaban J connectivity index is 2.04. The second-order valence-electron chi connectivity index (χ2n) is 4.95. The smallest absolute Gasteiger partial charge is 0.0587 e. The van der Waals surface area contributed by atoms with Crippen LogP contribution in [-0.2, 0) is 4.74 Å². The van der Waals surface area contributed by atoms with Crippen LogP contribution in [0.4, 0.5) is 0 Å². The van der Waals surface area contributed by atoms with E-state index in [4.69, 9.17) is 4.74 Å². The number of hydrogen-bond acceptors (Lipinski definition) is 2. The van der Waals surface area contributed by atoms with Crippen molar-refractivity contribution in [3.8, 4) is 0 Å². The molecular formula is C11H23NO. The minimum Gasteiger partial charge on any atom is -0.378 e. The second-order valence-corrected chi connectivity index (χ2v) is 4.95. The fourth-order valence-electron chi connectivity index (χ4n) is 1.64. The molecule has 1 N–H and O–H groups in total. The predicted molar refractivity (Wildman–Crippen MR) is 56.0 cm³/mol. The molecule has 0 bridgehead atoms. The molecule has 2 heteroatoms. The molecule has 1 fully saturated rings. The molecule has 78 valence electrons.